The van der Waals surface area contributed by atoms with Crippen molar-refractivity contribution in [1.29, 1.82) is 0 Å². The van der Waals surface area contributed by atoms with Gasteiger partial charge in [0.1, 0.15) is 0 Å². The van der Waals surface area contributed by atoms with Crippen molar-refractivity contribution in [3.63, 3.8) is 0 Å². The van der Waals surface area contributed by atoms with E-state index >= 15 is 0 Å². The van der Waals surface area contributed by atoms with Crippen LogP contribution in [-0.4, -0.2) is 46.3 Å². The first-order valence-corrected chi connectivity index (χ1v) is 5.26. The predicted octanol–water partition coefficient (Wildman–Crippen LogP) is 1.99. The van der Waals surface area contributed by atoms with Crippen LogP contribution in [0.5, 0.6) is 0 Å². The number of hydrogen-bond donors (Lipinski definition) is 1. The van der Waals surface area contributed by atoms with Crippen LogP contribution in [0.25, 0.3) is 6.08 Å². The first kappa shape index (κ1) is 13.5. The first-order chi connectivity index (χ1) is 7.25. The summed E-state index contributed by atoms with van der Waals surface area (Å²) in [6, 6.07) is 7.85. The third kappa shape index (κ3) is 3.49. The molecule has 0 aromatic heterocycles. The topological polar surface area (TPSA) is 49.7 Å². The van der Waals surface area contributed by atoms with Crippen molar-refractivity contribution in [3.8, 4) is 0 Å². The number of carboxylic acids is 1. The molecule has 1 N–H and O–H groups in total. The minimum atomic E-state index is -0.857. The molecule has 0 spiro atoms. The fourth-order valence-electron chi connectivity index (χ4n) is 1.27. The van der Waals surface area contributed by atoms with E-state index in [1.54, 1.807) is 6.08 Å². The molecule has 0 bridgehead atoms. The molecule has 1 aromatic rings. The molecule has 1 aliphatic rings. The van der Waals surface area contributed by atoms with Crippen LogP contribution in [0, 0.1) is 0 Å². The Hall–Kier alpha value is -0.550. The summed E-state index contributed by atoms with van der Waals surface area (Å²) in [4.78, 5) is 11.6. The summed E-state index contributed by atoms with van der Waals surface area (Å²) in [6.07, 6.45) is 3.63. The summed E-state index contributed by atoms with van der Waals surface area (Å²) >= 11 is 1.32. The molecule has 0 radical (unpaired) electrons. The molecule has 0 amide bonds. The quantitative estimate of drug-likeness (QED) is 0.638. The molecule has 0 fully saturated rings. The van der Waals surface area contributed by atoms with Gasteiger partial charge in [0.25, 0.3) is 0 Å². The molecular formula is C11H10NNaO2S. The molecule has 16 heavy (non-hydrogen) atoms. The molecule has 0 saturated carbocycles. The second kappa shape index (κ2) is 6.25. The average molecular weight is 243 g/mol. The zero-order valence-corrected chi connectivity index (χ0v) is 8.70. The summed E-state index contributed by atoms with van der Waals surface area (Å²) in [5.74, 6) is -0.857. The van der Waals surface area contributed by atoms with E-state index in [-0.39, 0.29) is 36.0 Å². The monoisotopic (exact) mass is 243 g/mol. The number of aliphatic carboxylic acids is 1. The number of carboxylic acid groups (broad SMARTS) is 1. The Kier molecular flexibility index (Phi) is 5.28. The summed E-state index contributed by atoms with van der Waals surface area (Å²) in [5, 5.41) is 8.65. The molecule has 1 heterocycles. The first-order valence-electron chi connectivity index (χ1n) is 4.48. The van der Waals surface area contributed by atoms with Crippen molar-refractivity contribution in [2.24, 2.45) is 4.40 Å². The van der Waals surface area contributed by atoms with Gasteiger partial charge < -0.3 is 5.11 Å². The third-order valence-corrected chi connectivity index (χ3v) is 2.86. The summed E-state index contributed by atoms with van der Waals surface area (Å²) < 4.78 is 4.17. The van der Waals surface area contributed by atoms with Crippen LogP contribution in [0.4, 0.5) is 0 Å². The molecular weight excluding hydrogens is 233 g/mol. The Bertz CT molecular complexity index is 457. The Labute approximate surface area is 120 Å². The van der Waals surface area contributed by atoms with Gasteiger partial charge in [-0.1, -0.05) is 24.3 Å². The van der Waals surface area contributed by atoms with Gasteiger partial charge in [0.05, 0.1) is 12.1 Å². The average Bonchev–Trinajstić information content (AvgIpc) is 2.41. The zero-order valence-electron chi connectivity index (χ0n) is 7.88. The van der Waals surface area contributed by atoms with Gasteiger partial charge in [0, 0.05) is 16.8 Å². The number of rotatable bonds is 2. The van der Waals surface area contributed by atoms with E-state index < -0.39 is 5.97 Å². The second-order valence-corrected chi connectivity index (χ2v) is 3.92. The molecule has 2 rings (SSSR count). The van der Waals surface area contributed by atoms with Crippen molar-refractivity contribution in [1.82, 2.24) is 0 Å². The standard InChI is InChI=1S/C11H9NO2S.Na.H/c13-11(14)7-9-6-5-8-3-1-2-4-10(8)15-12-9;;/h1-6H,7H2,(H,13,14);;. The Morgan fingerprint density at radius 1 is 1.31 bits per heavy atom. The molecule has 0 saturated heterocycles. The van der Waals surface area contributed by atoms with Crippen LogP contribution in [0.1, 0.15) is 12.0 Å². The van der Waals surface area contributed by atoms with Crippen molar-refractivity contribution in [2.75, 3.05) is 0 Å². The van der Waals surface area contributed by atoms with Crippen molar-refractivity contribution in [2.45, 2.75) is 11.3 Å². The fraction of sp³-hybridized carbons (Fsp3) is 0.0909. The Balaban J connectivity index is 0.00000128. The van der Waals surface area contributed by atoms with Gasteiger partial charge in [0.15, 0.2) is 0 Å². The Morgan fingerprint density at radius 2 is 2.06 bits per heavy atom. The molecule has 0 aliphatic carbocycles. The maximum absolute atomic E-state index is 10.5. The fourth-order valence-corrected chi connectivity index (χ4v) is 1.99. The second-order valence-electron chi connectivity index (χ2n) is 3.12. The van der Waals surface area contributed by atoms with Crippen LogP contribution < -0.4 is 0 Å². The van der Waals surface area contributed by atoms with Gasteiger partial charge >= 0.3 is 35.5 Å². The zero-order chi connectivity index (χ0) is 10.7. The van der Waals surface area contributed by atoms with E-state index in [1.165, 1.54) is 11.9 Å². The van der Waals surface area contributed by atoms with Gasteiger partial charge in [-0.3, -0.25) is 4.79 Å². The van der Waals surface area contributed by atoms with Crippen LogP contribution >= 0.6 is 11.9 Å². The van der Waals surface area contributed by atoms with Crippen LogP contribution in [0.15, 0.2) is 39.6 Å². The number of carbonyl (C=O) groups is 1. The number of fused-ring (bicyclic) bond motifs is 1. The van der Waals surface area contributed by atoms with Gasteiger partial charge in [-0.05, 0) is 17.7 Å². The molecule has 0 unspecified atom stereocenters. The van der Waals surface area contributed by atoms with E-state index in [4.69, 9.17) is 5.11 Å². The number of benzene rings is 1. The maximum atomic E-state index is 10.5. The van der Waals surface area contributed by atoms with Crippen molar-refractivity contribution >= 4 is 59.3 Å². The number of nitrogens with zero attached hydrogens (tertiary/aromatic N) is 1. The summed E-state index contributed by atoms with van der Waals surface area (Å²) in [6.45, 7) is 0. The Morgan fingerprint density at radius 3 is 2.81 bits per heavy atom. The van der Waals surface area contributed by atoms with Crippen LogP contribution in [0.2, 0.25) is 0 Å². The SMILES string of the molecule is O=C(O)CC1=NSc2ccccc2C=C1.[NaH]. The van der Waals surface area contributed by atoms with Crippen molar-refractivity contribution in [3.05, 3.63) is 35.9 Å². The molecule has 1 aromatic carbocycles. The molecule has 3 nitrogen and oxygen atoms in total. The molecule has 5 heteroatoms. The molecule has 78 valence electrons. The van der Waals surface area contributed by atoms with E-state index in [0.717, 1.165) is 10.5 Å². The predicted molar refractivity (Wildman–Crippen MR) is 68.2 cm³/mol. The van der Waals surface area contributed by atoms with Crippen molar-refractivity contribution < 1.29 is 9.90 Å². The molecule has 0 atom stereocenters. The van der Waals surface area contributed by atoms with Crippen LogP contribution in [0.3, 0.4) is 0 Å². The minimum absolute atomic E-state index is 0. The van der Waals surface area contributed by atoms with Gasteiger partial charge in [0.2, 0.25) is 0 Å². The van der Waals surface area contributed by atoms with E-state index in [1.807, 2.05) is 30.3 Å². The summed E-state index contributed by atoms with van der Waals surface area (Å²) in [7, 11) is 0. The van der Waals surface area contributed by atoms with Gasteiger partial charge in [-0.15, -0.1) is 0 Å². The number of hydrogen-bond acceptors (Lipinski definition) is 3. The molecule has 1 aliphatic heterocycles. The van der Waals surface area contributed by atoms with E-state index in [2.05, 4.69) is 4.40 Å². The summed E-state index contributed by atoms with van der Waals surface area (Å²) in [5.41, 5.74) is 1.66. The normalized spacial score (nSPS) is 13.1. The third-order valence-electron chi connectivity index (χ3n) is 1.97. The number of allylic oxidation sites excluding steroid dienone is 1. The van der Waals surface area contributed by atoms with Gasteiger partial charge in [-0.25, -0.2) is 4.40 Å². The van der Waals surface area contributed by atoms with Gasteiger partial charge in [-0.2, -0.15) is 0 Å². The van der Waals surface area contributed by atoms with Crippen LogP contribution in [-0.2, 0) is 4.79 Å². The van der Waals surface area contributed by atoms with E-state index in [0.29, 0.717) is 5.71 Å². The van der Waals surface area contributed by atoms with E-state index in [9.17, 15) is 4.79 Å².